The third-order valence-corrected chi connectivity index (χ3v) is 5.49. The number of ketones is 1. The molecule has 1 aromatic carbocycles. The van der Waals surface area contributed by atoms with Gasteiger partial charge in [-0.1, -0.05) is 30.2 Å². The molecule has 0 amide bonds. The van der Waals surface area contributed by atoms with Crippen molar-refractivity contribution in [3.05, 3.63) is 46.5 Å². The van der Waals surface area contributed by atoms with Crippen LogP contribution in [-0.2, 0) is 16.0 Å². The van der Waals surface area contributed by atoms with Gasteiger partial charge in [0.05, 0.1) is 19.3 Å². The summed E-state index contributed by atoms with van der Waals surface area (Å²) in [5.41, 5.74) is -0.0103. The number of halogens is 1. The molecule has 6 nitrogen and oxygen atoms in total. The first-order valence-corrected chi connectivity index (χ1v) is 10.5. The molecule has 0 saturated carbocycles. The molecule has 2 rings (SSSR count). The molecule has 1 aromatic rings. The van der Waals surface area contributed by atoms with E-state index in [4.69, 9.17) is 26.2 Å². The van der Waals surface area contributed by atoms with Crippen molar-refractivity contribution < 1.29 is 29.3 Å². The molecular weight excluding hydrogens is 408 g/mol. The molecule has 0 spiro atoms. The molecule has 0 radical (unpaired) electrons. The average molecular weight is 437 g/mol. The lowest BCUT2D eigenvalue weighted by molar-refractivity contribution is -0.137. The second-order valence-corrected chi connectivity index (χ2v) is 7.81. The molecule has 1 unspecified atom stereocenters. The van der Waals surface area contributed by atoms with Crippen LogP contribution in [0.3, 0.4) is 0 Å². The van der Waals surface area contributed by atoms with Crippen LogP contribution >= 0.6 is 11.6 Å². The van der Waals surface area contributed by atoms with Gasteiger partial charge < -0.3 is 19.7 Å². The molecule has 1 atom stereocenters. The number of aliphatic hydroxyl groups is 1. The highest BCUT2D eigenvalue weighted by molar-refractivity contribution is 6.46. The van der Waals surface area contributed by atoms with Gasteiger partial charge in [-0.05, 0) is 62.3 Å². The van der Waals surface area contributed by atoms with Gasteiger partial charge in [-0.2, -0.15) is 0 Å². The highest BCUT2D eigenvalue weighted by Crippen LogP contribution is 2.37. The molecule has 1 aliphatic carbocycles. The van der Waals surface area contributed by atoms with Crippen molar-refractivity contribution in [3.8, 4) is 11.5 Å². The van der Waals surface area contributed by atoms with Crippen molar-refractivity contribution in [2.45, 2.75) is 57.0 Å². The SMILES string of the molecule is COc1ccc(CCCC2(O)C=C(Cl)C(=O)/C2=C\CCCCCC(=O)O)cc1OC. The third kappa shape index (κ3) is 6.34. The van der Waals surface area contributed by atoms with E-state index < -0.39 is 11.6 Å². The summed E-state index contributed by atoms with van der Waals surface area (Å²) in [4.78, 5) is 22.9. The highest BCUT2D eigenvalue weighted by atomic mass is 35.5. The zero-order valence-electron chi connectivity index (χ0n) is 17.4. The summed E-state index contributed by atoms with van der Waals surface area (Å²) < 4.78 is 10.6. The zero-order chi connectivity index (χ0) is 22.1. The van der Waals surface area contributed by atoms with E-state index in [1.165, 1.54) is 6.08 Å². The Morgan fingerprint density at radius 2 is 1.87 bits per heavy atom. The van der Waals surface area contributed by atoms with Crippen LogP contribution in [0.4, 0.5) is 0 Å². The Hall–Kier alpha value is -2.31. The smallest absolute Gasteiger partial charge is 0.303 e. The van der Waals surface area contributed by atoms with Crippen molar-refractivity contribution in [1.82, 2.24) is 0 Å². The Balaban J connectivity index is 1.95. The van der Waals surface area contributed by atoms with Gasteiger partial charge in [-0.25, -0.2) is 0 Å². The summed E-state index contributed by atoms with van der Waals surface area (Å²) >= 11 is 6.02. The molecule has 0 saturated heterocycles. The Labute approximate surface area is 182 Å². The van der Waals surface area contributed by atoms with Gasteiger partial charge in [-0.3, -0.25) is 9.59 Å². The van der Waals surface area contributed by atoms with E-state index in [1.54, 1.807) is 20.3 Å². The fraction of sp³-hybridized carbons (Fsp3) is 0.478. The molecule has 0 aliphatic heterocycles. The second kappa shape index (κ2) is 11.2. The van der Waals surface area contributed by atoms with Crippen LogP contribution in [0.2, 0.25) is 0 Å². The first-order valence-electron chi connectivity index (χ1n) is 10.1. The zero-order valence-corrected chi connectivity index (χ0v) is 18.2. The number of benzene rings is 1. The molecule has 0 fully saturated rings. The number of aryl methyl sites for hydroxylation is 1. The lowest BCUT2D eigenvalue weighted by atomic mass is 9.89. The minimum atomic E-state index is -1.37. The van der Waals surface area contributed by atoms with Crippen molar-refractivity contribution in [1.29, 1.82) is 0 Å². The molecule has 30 heavy (non-hydrogen) atoms. The number of hydrogen-bond donors (Lipinski definition) is 2. The summed E-state index contributed by atoms with van der Waals surface area (Å²) in [5, 5.41) is 19.8. The van der Waals surface area contributed by atoms with Crippen LogP contribution in [0.25, 0.3) is 0 Å². The standard InChI is InChI=1S/C23H29ClO6/c1-29-19-12-11-16(14-20(19)30-2)8-7-13-23(28)15-18(24)22(27)17(23)9-5-3-4-6-10-21(25)26/h9,11-12,14-15,28H,3-8,10,13H2,1-2H3,(H,25,26)/b17-9+. The third-order valence-electron chi connectivity index (χ3n) is 5.21. The van der Waals surface area contributed by atoms with Crippen molar-refractivity contribution in [2.24, 2.45) is 0 Å². The number of unbranched alkanes of at least 4 members (excludes halogenated alkanes) is 3. The highest BCUT2D eigenvalue weighted by Gasteiger charge is 2.40. The summed E-state index contributed by atoms with van der Waals surface area (Å²) in [6.07, 6.45) is 7.73. The molecule has 7 heteroatoms. The quantitative estimate of drug-likeness (QED) is 0.372. The van der Waals surface area contributed by atoms with Gasteiger partial charge in [0.25, 0.3) is 0 Å². The van der Waals surface area contributed by atoms with Gasteiger partial charge in [-0.15, -0.1) is 0 Å². The van der Waals surface area contributed by atoms with Crippen LogP contribution in [-0.4, -0.2) is 41.8 Å². The summed E-state index contributed by atoms with van der Waals surface area (Å²) in [6.45, 7) is 0. The number of aliphatic carboxylic acids is 1. The Morgan fingerprint density at radius 1 is 1.13 bits per heavy atom. The number of carbonyl (C=O) groups excluding carboxylic acids is 1. The fourth-order valence-corrected chi connectivity index (χ4v) is 3.88. The number of hydrogen-bond acceptors (Lipinski definition) is 5. The molecule has 1 aliphatic rings. The molecule has 0 bridgehead atoms. The first-order chi connectivity index (χ1) is 14.3. The molecular formula is C23H29ClO6. The second-order valence-electron chi connectivity index (χ2n) is 7.40. The molecule has 164 valence electrons. The van der Waals surface area contributed by atoms with Crippen molar-refractivity contribution in [3.63, 3.8) is 0 Å². The Kier molecular flexibility index (Phi) is 8.93. The topological polar surface area (TPSA) is 93.1 Å². The van der Waals surface area contributed by atoms with E-state index in [0.29, 0.717) is 49.2 Å². The van der Waals surface area contributed by atoms with Gasteiger partial charge >= 0.3 is 5.97 Å². The molecule has 2 N–H and O–H groups in total. The number of Topliss-reactive ketones (excluding diaryl/α,β-unsaturated/α-hetero) is 1. The lowest BCUT2D eigenvalue weighted by Gasteiger charge is -2.22. The molecule has 0 heterocycles. The van der Waals surface area contributed by atoms with Crippen LogP contribution in [0.5, 0.6) is 11.5 Å². The van der Waals surface area contributed by atoms with Crippen LogP contribution < -0.4 is 9.47 Å². The number of carbonyl (C=O) groups is 2. The van der Waals surface area contributed by atoms with E-state index in [2.05, 4.69) is 0 Å². The van der Waals surface area contributed by atoms with E-state index in [-0.39, 0.29) is 17.2 Å². The lowest BCUT2D eigenvalue weighted by Crippen LogP contribution is -2.28. The van der Waals surface area contributed by atoms with Gasteiger partial charge in [0, 0.05) is 12.0 Å². The predicted molar refractivity (Wildman–Crippen MR) is 115 cm³/mol. The number of allylic oxidation sites excluding steroid dienone is 2. The summed E-state index contributed by atoms with van der Waals surface area (Å²) in [6, 6.07) is 5.69. The summed E-state index contributed by atoms with van der Waals surface area (Å²) in [5.74, 6) is 0.163. The fourth-order valence-electron chi connectivity index (χ4n) is 3.60. The maximum Gasteiger partial charge on any atom is 0.303 e. The van der Waals surface area contributed by atoms with Crippen molar-refractivity contribution in [2.75, 3.05) is 14.2 Å². The van der Waals surface area contributed by atoms with Crippen LogP contribution in [0, 0.1) is 0 Å². The number of carboxylic acids is 1. The number of methoxy groups -OCH3 is 2. The van der Waals surface area contributed by atoms with Gasteiger partial charge in [0.2, 0.25) is 5.78 Å². The Morgan fingerprint density at radius 3 is 2.53 bits per heavy atom. The maximum absolute atomic E-state index is 12.4. The van der Waals surface area contributed by atoms with E-state index in [1.807, 2.05) is 18.2 Å². The minimum absolute atomic E-state index is 0.0424. The summed E-state index contributed by atoms with van der Waals surface area (Å²) in [7, 11) is 3.17. The maximum atomic E-state index is 12.4. The normalized spacial score (nSPS) is 19.8. The van der Waals surface area contributed by atoms with Gasteiger partial charge in [0.15, 0.2) is 11.5 Å². The predicted octanol–water partition coefficient (Wildman–Crippen LogP) is 4.42. The Bertz CT molecular complexity index is 829. The van der Waals surface area contributed by atoms with Crippen molar-refractivity contribution >= 4 is 23.4 Å². The van der Waals surface area contributed by atoms with E-state index in [9.17, 15) is 14.7 Å². The minimum Gasteiger partial charge on any atom is -0.493 e. The van der Waals surface area contributed by atoms with Gasteiger partial charge in [0.1, 0.15) is 5.60 Å². The first kappa shape index (κ1) is 24.0. The number of carboxylic acid groups (broad SMARTS) is 1. The average Bonchev–Trinajstić information content (AvgIpc) is 2.92. The molecule has 0 aromatic heterocycles. The number of rotatable bonds is 12. The van der Waals surface area contributed by atoms with Crippen LogP contribution in [0.15, 0.2) is 41.0 Å². The largest absolute Gasteiger partial charge is 0.493 e. The monoisotopic (exact) mass is 436 g/mol. The van der Waals surface area contributed by atoms with Crippen LogP contribution in [0.1, 0.15) is 50.5 Å². The van der Waals surface area contributed by atoms with E-state index >= 15 is 0 Å². The number of ether oxygens (including phenoxy) is 2. The van der Waals surface area contributed by atoms with E-state index in [0.717, 1.165) is 18.4 Å².